The van der Waals surface area contributed by atoms with Crippen LogP contribution >= 0.6 is 11.6 Å². The second kappa shape index (κ2) is 8.95. The van der Waals surface area contributed by atoms with Crippen LogP contribution < -0.4 is 4.74 Å². The number of nitrogens with zero attached hydrogens (tertiary/aromatic N) is 1. The van der Waals surface area contributed by atoms with Crippen molar-refractivity contribution in [2.45, 2.75) is 44.9 Å². The van der Waals surface area contributed by atoms with Crippen LogP contribution in [0.2, 0.25) is 5.02 Å². The molecule has 6 heteroatoms. The summed E-state index contributed by atoms with van der Waals surface area (Å²) in [5, 5.41) is 21.1. The van der Waals surface area contributed by atoms with Crippen LogP contribution in [-0.4, -0.2) is 46.4 Å². The van der Waals surface area contributed by atoms with E-state index in [0.29, 0.717) is 18.1 Å². The number of halogens is 1. The first kappa shape index (κ1) is 20.6. The second-order valence-electron chi connectivity index (χ2n) is 7.18. The maximum atomic E-state index is 12.1. The van der Waals surface area contributed by atoms with Crippen molar-refractivity contribution in [2.24, 2.45) is 0 Å². The van der Waals surface area contributed by atoms with Gasteiger partial charge in [-0.3, -0.25) is 4.79 Å². The molecule has 3 rings (SSSR count). The molecule has 0 aliphatic carbocycles. The Kier molecular flexibility index (Phi) is 6.60. The van der Waals surface area contributed by atoms with Gasteiger partial charge in [-0.1, -0.05) is 35.9 Å². The Bertz CT molecular complexity index is 824. The van der Waals surface area contributed by atoms with Crippen molar-refractivity contribution in [1.29, 1.82) is 0 Å². The third-order valence-corrected chi connectivity index (χ3v) is 5.43. The van der Waals surface area contributed by atoms with Gasteiger partial charge in [-0.2, -0.15) is 0 Å². The highest BCUT2D eigenvalue weighted by Crippen LogP contribution is 2.34. The topological polar surface area (TPSA) is 70.0 Å². The Balaban J connectivity index is 1.86. The zero-order valence-electron chi connectivity index (χ0n) is 16.1. The number of likely N-dealkylation sites (tertiary alicyclic amines) is 1. The fraction of sp³-hybridized carbons (Fsp3) is 0.409. The number of piperidine rings is 1. The number of β-amino-alcohol motifs (C(OH)–C–C–N with tert-alkyl or cyclic N) is 1. The molecule has 0 spiro atoms. The van der Waals surface area contributed by atoms with Crippen LogP contribution in [0.1, 0.15) is 43.0 Å². The van der Waals surface area contributed by atoms with E-state index in [-0.39, 0.29) is 18.9 Å². The van der Waals surface area contributed by atoms with Crippen LogP contribution in [0.15, 0.2) is 42.5 Å². The molecule has 1 fully saturated rings. The largest absolute Gasteiger partial charge is 0.494 e. The van der Waals surface area contributed by atoms with E-state index in [1.54, 1.807) is 6.07 Å². The molecule has 3 atom stereocenters. The van der Waals surface area contributed by atoms with Crippen molar-refractivity contribution in [2.75, 3.05) is 13.2 Å². The van der Waals surface area contributed by atoms with Crippen LogP contribution in [0.4, 0.5) is 0 Å². The second-order valence-corrected chi connectivity index (χ2v) is 7.58. The van der Waals surface area contributed by atoms with Crippen molar-refractivity contribution < 1.29 is 19.7 Å². The van der Waals surface area contributed by atoms with Crippen LogP contribution in [0, 0.1) is 0 Å². The van der Waals surface area contributed by atoms with Crippen LogP contribution in [0.5, 0.6) is 5.75 Å². The molecular weight excluding hydrogens is 378 g/mol. The van der Waals surface area contributed by atoms with E-state index in [4.69, 9.17) is 16.3 Å². The Labute approximate surface area is 170 Å². The molecule has 1 aliphatic rings. The lowest BCUT2D eigenvalue weighted by Crippen LogP contribution is -2.49. The zero-order chi connectivity index (χ0) is 20.3. The van der Waals surface area contributed by atoms with E-state index >= 15 is 0 Å². The number of ether oxygens (including phenoxy) is 1. The number of aliphatic hydroxyl groups is 2. The molecule has 1 amide bonds. The smallest absolute Gasteiger partial charge is 0.220 e. The molecule has 150 valence electrons. The zero-order valence-corrected chi connectivity index (χ0v) is 16.9. The number of amides is 1. The number of hydrogen-bond acceptors (Lipinski definition) is 4. The maximum absolute atomic E-state index is 12.1. The third-order valence-electron chi connectivity index (χ3n) is 5.07. The van der Waals surface area contributed by atoms with E-state index in [2.05, 4.69) is 0 Å². The monoisotopic (exact) mass is 403 g/mol. The molecule has 1 saturated heterocycles. The van der Waals surface area contributed by atoms with Crippen molar-refractivity contribution in [3.05, 3.63) is 64.2 Å². The van der Waals surface area contributed by atoms with Crippen LogP contribution in [0.25, 0.3) is 0 Å². The van der Waals surface area contributed by atoms with Gasteiger partial charge in [0.25, 0.3) is 0 Å². The average Bonchev–Trinajstić information content (AvgIpc) is 2.65. The minimum absolute atomic E-state index is 0.175. The lowest BCUT2D eigenvalue weighted by atomic mass is 9.89. The summed E-state index contributed by atoms with van der Waals surface area (Å²) >= 11 is 6.42. The number of aliphatic hydroxyl groups excluding tert-OH is 2. The molecule has 2 unspecified atom stereocenters. The molecule has 0 radical (unpaired) electrons. The SMILES string of the molecule is CCOc1ccc(Cc2cc([C@H]3C(O)CC(O)CN3C(C)=O)ccc2Cl)cc1. The van der Waals surface area contributed by atoms with Gasteiger partial charge in [0.05, 0.1) is 24.9 Å². The van der Waals surface area contributed by atoms with Crippen molar-refractivity contribution in [3.63, 3.8) is 0 Å². The molecule has 0 bridgehead atoms. The third kappa shape index (κ3) is 4.66. The summed E-state index contributed by atoms with van der Waals surface area (Å²) in [5.74, 6) is 0.651. The summed E-state index contributed by atoms with van der Waals surface area (Å²) in [4.78, 5) is 13.6. The van der Waals surface area contributed by atoms with Gasteiger partial charge in [0.15, 0.2) is 0 Å². The molecular formula is C22H26ClNO4. The number of hydrogen-bond donors (Lipinski definition) is 2. The molecule has 5 nitrogen and oxygen atoms in total. The lowest BCUT2D eigenvalue weighted by Gasteiger charge is -2.41. The van der Waals surface area contributed by atoms with E-state index < -0.39 is 18.2 Å². The first-order valence-corrected chi connectivity index (χ1v) is 9.90. The maximum Gasteiger partial charge on any atom is 0.220 e. The van der Waals surface area contributed by atoms with Gasteiger partial charge < -0.3 is 19.8 Å². The number of rotatable bonds is 5. The predicted molar refractivity (Wildman–Crippen MR) is 109 cm³/mol. The van der Waals surface area contributed by atoms with Crippen molar-refractivity contribution >= 4 is 17.5 Å². The van der Waals surface area contributed by atoms with Gasteiger partial charge in [0.2, 0.25) is 5.91 Å². The molecule has 28 heavy (non-hydrogen) atoms. The first-order chi connectivity index (χ1) is 13.4. The van der Waals surface area contributed by atoms with Crippen molar-refractivity contribution in [1.82, 2.24) is 4.90 Å². The Morgan fingerprint density at radius 2 is 1.93 bits per heavy atom. The van der Waals surface area contributed by atoms with E-state index in [0.717, 1.165) is 22.4 Å². The average molecular weight is 404 g/mol. The van der Waals surface area contributed by atoms with Crippen LogP contribution in [-0.2, 0) is 11.2 Å². The lowest BCUT2D eigenvalue weighted by molar-refractivity contribution is -0.141. The summed E-state index contributed by atoms with van der Waals surface area (Å²) in [6, 6.07) is 13.0. The van der Waals surface area contributed by atoms with Gasteiger partial charge in [0.1, 0.15) is 5.75 Å². The summed E-state index contributed by atoms with van der Waals surface area (Å²) < 4.78 is 5.48. The summed E-state index contributed by atoms with van der Waals surface area (Å²) in [7, 11) is 0. The molecule has 0 aromatic heterocycles. The summed E-state index contributed by atoms with van der Waals surface area (Å²) in [6.45, 7) is 4.24. The quantitative estimate of drug-likeness (QED) is 0.803. The highest BCUT2D eigenvalue weighted by atomic mass is 35.5. The Morgan fingerprint density at radius 1 is 1.21 bits per heavy atom. The number of benzene rings is 2. The van der Waals surface area contributed by atoms with Gasteiger partial charge in [-0.15, -0.1) is 0 Å². The first-order valence-electron chi connectivity index (χ1n) is 9.52. The minimum atomic E-state index is -0.827. The van der Waals surface area contributed by atoms with Crippen molar-refractivity contribution in [3.8, 4) is 5.75 Å². The van der Waals surface area contributed by atoms with E-state index in [9.17, 15) is 15.0 Å². The summed E-state index contributed by atoms with van der Waals surface area (Å²) in [5.41, 5.74) is 2.83. The number of carbonyl (C=O) groups excluding carboxylic acids is 1. The van der Waals surface area contributed by atoms with Crippen LogP contribution in [0.3, 0.4) is 0 Å². The molecule has 2 aromatic carbocycles. The molecule has 1 heterocycles. The highest BCUT2D eigenvalue weighted by Gasteiger charge is 2.37. The minimum Gasteiger partial charge on any atom is -0.494 e. The van der Waals surface area contributed by atoms with Gasteiger partial charge in [-0.25, -0.2) is 0 Å². The summed E-state index contributed by atoms with van der Waals surface area (Å²) in [6.07, 6.45) is -0.673. The Hall–Kier alpha value is -2.08. The highest BCUT2D eigenvalue weighted by molar-refractivity contribution is 6.31. The predicted octanol–water partition coefficient (Wildman–Crippen LogP) is 3.34. The fourth-order valence-electron chi connectivity index (χ4n) is 3.76. The molecule has 0 saturated carbocycles. The van der Waals surface area contributed by atoms with Gasteiger partial charge in [0, 0.05) is 24.9 Å². The number of carbonyl (C=O) groups is 1. The molecule has 1 aliphatic heterocycles. The Morgan fingerprint density at radius 3 is 2.57 bits per heavy atom. The molecule has 2 N–H and O–H groups in total. The van der Waals surface area contributed by atoms with Gasteiger partial charge >= 0.3 is 0 Å². The normalized spacial score (nSPS) is 22.2. The molecule has 2 aromatic rings. The van der Waals surface area contributed by atoms with E-state index in [1.165, 1.54) is 11.8 Å². The fourth-order valence-corrected chi connectivity index (χ4v) is 3.95. The standard InChI is InChI=1S/C22H26ClNO4/c1-3-28-19-7-4-15(5-8-19)10-17-11-16(6-9-20(17)23)22-21(27)12-18(26)13-24(22)14(2)25/h4-9,11,18,21-22,26-27H,3,10,12-13H2,1-2H3/t18?,21?,22-/m0/s1. The van der Waals surface area contributed by atoms with E-state index in [1.807, 2.05) is 43.3 Å². The van der Waals surface area contributed by atoms with Gasteiger partial charge in [-0.05, 0) is 48.2 Å².